The van der Waals surface area contributed by atoms with Crippen LogP contribution in [0.5, 0.6) is 11.5 Å². The number of hydrogen-bond donors (Lipinski definition) is 1. The van der Waals surface area contributed by atoms with Gasteiger partial charge in [0.1, 0.15) is 17.5 Å². The largest absolute Gasteiger partial charge is 0.497 e. The monoisotopic (exact) mass is 489 g/mol. The number of aromatic nitrogens is 5. The van der Waals surface area contributed by atoms with Gasteiger partial charge in [0.15, 0.2) is 5.82 Å². The van der Waals surface area contributed by atoms with Gasteiger partial charge in [-0.05, 0) is 58.3 Å². The highest BCUT2D eigenvalue weighted by Gasteiger charge is 2.32. The number of ether oxygens (including phenoxy) is 2. The number of tetrazole rings is 1. The zero-order chi connectivity index (χ0) is 25.1. The number of H-pyrrole nitrogens is 1. The van der Waals surface area contributed by atoms with Crippen LogP contribution in [-0.2, 0) is 6.54 Å². The molecule has 10 heteroatoms. The standard InChI is InChI=1S/C26H31N7O3/c1-4-31-11-13-32(14-12-31)24(22-15-19-7-10-21(36-3)16-23(19)27-26(22)34)25-28-29-30-33(25)17-18-5-8-20(35-2)9-6-18/h5-10,15-16,24H,4,11-14,17H2,1-3H3,(H,27,34). The second kappa shape index (κ2) is 10.5. The van der Waals surface area contributed by atoms with Crippen LogP contribution in [0.15, 0.2) is 53.3 Å². The Balaban J connectivity index is 1.56. The van der Waals surface area contributed by atoms with Gasteiger partial charge < -0.3 is 19.4 Å². The van der Waals surface area contributed by atoms with Gasteiger partial charge >= 0.3 is 0 Å². The van der Waals surface area contributed by atoms with Crippen molar-refractivity contribution >= 4 is 10.9 Å². The van der Waals surface area contributed by atoms with E-state index in [-0.39, 0.29) is 11.6 Å². The molecule has 188 valence electrons. The third-order valence-corrected chi connectivity index (χ3v) is 6.89. The highest BCUT2D eigenvalue weighted by atomic mass is 16.5. The zero-order valence-corrected chi connectivity index (χ0v) is 20.8. The van der Waals surface area contributed by atoms with Gasteiger partial charge in [-0.15, -0.1) is 5.10 Å². The lowest BCUT2D eigenvalue weighted by Gasteiger charge is -2.38. The number of pyridine rings is 1. The lowest BCUT2D eigenvalue weighted by atomic mass is 10.0. The third-order valence-electron chi connectivity index (χ3n) is 6.89. The average Bonchev–Trinajstić information content (AvgIpc) is 3.37. The first-order valence-corrected chi connectivity index (χ1v) is 12.2. The Morgan fingerprint density at radius 1 is 0.972 bits per heavy atom. The molecule has 5 rings (SSSR count). The first-order valence-electron chi connectivity index (χ1n) is 12.2. The van der Waals surface area contributed by atoms with Gasteiger partial charge in [0.05, 0.1) is 26.3 Å². The van der Waals surface area contributed by atoms with Gasteiger partial charge in [0.2, 0.25) is 0 Å². The first kappa shape index (κ1) is 24.0. The summed E-state index contributed by atoms with van der Waals surface area (Å²) in [6.07, 6.45) is 0. The maximum absolute atomic E-state index is 13.4. The number of rotatable bonds is 8. The van der Waals surface area contributed by atoms with Crippen molar-refractivity contribution in [1.82, 2.24) is 35.0 Å². The molecule has 2 aromatic heterocycles. The van der Waals surface area contributed by atoms with E-state index in [1.807, 2.05) is 48.5 Å². The van der Waals surface area contributed by atoms with Crippen LogP contribution in [0.4, 0.5) is 0 Å². The number of likely N-dealkylation sites (N-methyl/N-ethyl adjacent to an activating group) is 1. The van der Waals surface area contributed by atoms with Gasteiger partial charge in [0, 0.05) is 37.8 Å². The number of piperazine rings is 1. The molecule has 1 unspecified atom stereocenters. The minimum Gasteiger partial charge on any atom is -0.497 e. The van der Waals surface area contributed by atoms with E-state index in [2.05, 4.69) is 37.2 Å². The van der Waals surface area contributed by atoms with Gasteiger partial charge in [-0.1, -0.05) is 19.1 Å². The Bertz CT molecular complexity index is 1370. The molecule has 1 atom stereocenters. The normalized spacial score (nSPS) is 15.8. The van der Waals surface area contributed by atoms with E-state index >= 15 is 0 Å². The molecule has 1 N–H and O–H groups in total. The molecule has 2 aromatic carbocycles. The van der Waals surface area contributed by atoms with Crippen LogP contribution in [0.3, 0.4) is 0 Å². The molecular formula is C26H31N7O3. The van der Waals surface area contributed by atoms with Crippen molar-refractivity contribution in [2.24, 2.45) is 0 Å². The molecule has 4 aromatic rings. The van der Waals surface area contributed by atoms with Crippen LogP contribution < -0.4 is 15.0 Å². The molecule has 10 nitrogen and oxygen atoms in total. The summed E-state index contributed by atoms with van der Waals surface area (Å²) in [7, 11) is 3.26. The Kier molecular flexibility index (Phi) is 6.97. The SMILES string of the molecule is CCN1CCN(C(c2cc3ccc(OC)cc3[nH]c2=O)c2nnnn2Cc2ccc(OC)cc2)CC1. The fourth-order valence-electron chi connectivity index (χ4n) is 4.79. The summed E-state index contributed by atoms with van der Waals surface area (Å²) in [4.78, 5) is 21.2. The summed E-state index contributed by atoms with van der Waals surface area (Å²) in [5, 5.41) is 13.7. The molecule has 1 aliphatic rings. The van der Waals surface area contributed by atoms with Crippen molar-refractivity contribution in [3.8, 4) is 11.5 Å². The maximum Gasteiger partial charge on any atom is 0.253 e. The highest BCUT2D eigenvalue weighted by molar-refractivity contribution is 5.80. The molecule has 1 aliphatic heterocycles. The van der Waals surface area contributed by atoms with Gasteiger partial charge in [-0.25, -0.2) is 4.68 Å². The second-order valence-electron chi connectivity index (χ2n) is 8.92. The summed E-state index contributed by atoms with van der Waals surface area (Å²) >= 11 is 0. The summed E-state index contributed by atoms with van der Waals surface area (Å²) in [5.74, 6) is 2.14. The summed E-state index contributed by atoms with van der Waals surface area (Å²) in [5.41, 5.74) is 2.25. The molecule has 36 heavy (non-hydrogen) atoms. The van der Waals surface area contributed by atoms with Gasteiger partial charge in [-0.2, -0.15) is 0 Å². The molecule has 0 radical (unpaired) electrons. The molecule has 0 spiro atoms. The predicted molar refractivity (Wildman–Crippen MR) is 137 cm³/mol. The Hall–Kier alpha value is -3.76. The fourth-order valence-corrected chi connectivity index (χ4v) is 4.79. The van der Waals surface area contributed by atoms with Crippen molar-refractivity contribution in [3.05, 3.63) is 75.8 Å². The number of methoxy groups -OCH3 is 2. The minimum absolute atomic E-state index is 0.155. The molecule has 0 aliphatic carbocycles. The Morgan fingerprint density at radius 2 is 1.69 bits per heavy atom. The number of nitrogens with zero attached hydrogens (tertiary/aromatic N) is 6. The second-order valence-corrected chi connectivity index (χ2v) is 8.92. The van der Waals surface area contributed by atoms with E-state index in [0.717, 1.165) is 54.9 Å². The van der Waals surface area contributed by atoms with Gasteiger partial charge in [-0.3, -0.25) is 9.69 Å². The molecule has 0 bridgehead atoms. The fraction of sp³-hybridized carbons (Fsp3) is 0.385. The highest BCUT2D eigenvalue weighted by Crippen LogP contribution is 2.29. The van der Waals surface area contributed by atoms with E-state index in [0.29, 0.717) is 23.7 Å². The van der Waals surface area contributed by atoms with Crippen LogP contribution in [0.2, 0.25) is 0 Å². The minimum atomic E-state index is -0.382. The van der Waals surface area contributed by atoms with Gasteiger partial charge in [0.25, 0.3) is 5.56 Å². The molecule has 1 fully saturated rings. The third kappa shape index (κ3) is 4.82. The van der Waals surface area contributed by atoms with Crippen LogP contribution >= 0.6 is 0 Å². The summed E-state index contributed by atoms with van der Waals surface area (Å²) in [6, 6.07) is 15.1. The number of aromatic amines is 1. The molecule has 1 saturated heterocycles. The van der Waals surface area contributed by atoms with E-state index in [4.69, 9.17) is 9.47 Å². The van der Waals surface area contributed by atoms with Crippen molar-refractivity contribution in [1.29, 1.82) is 0 Å². The van der Waals surface area contributed by atoms with Crippen LogP contribution in [0.1, 0.15) is 29.9 Å². The smallest absolute Gasteiger partial charge is 0.253 e. The molecule has 0 amide bonds. The number of fused-ring (bicyclic) bond motifs is 1. The number of benzene rings is 2. The topological polar surface area (TPSA) is 101 Å². The summed E-state index contributed by atoms with van der Waals surface area (Å²) < 4.78 is 12.4. The lowest BCUT2D eigenvalue weighted by Crippen LogP contribution is -2.49. The van der Waals surface area contributed by atoms with Crippen LogP contribution in [-0.4, -0.2) is 81.9 Å². The lowest BCUT2D eigenvalue weighted by molar-refractivity contribution is 0.108. The predicted octanol–water partition coefficient (Wildman–Crippen LogP) is 2.31. The number of hydrogen-bond acceptors (Lipinski definition) is 8. The maximum atomic E-state index is 13.4. The van der Waals surface area contributed by atoms with Crippen molar-refractivity contribution in [2.45, 2.75) is 19.5 Å². The molecule has 0 saturated carbocycles. The molecule has 3 heterocycles. The summed E-state index contributed by atoms with van der Waals surface area (Å²) in [6.45, 7) is 7.14. The van der Waals surface area contributed by atoms with Crippen LogP contribution in [0.25, 0.3) is 10.9 Å². The van der Waals surface area contributed by atoms with E-state index in [1.165, 1.54) is 0 Å². The van der Waals surface area contributed by atoms with Crippen LogP contribution in [0, 0.1) is 0 Å². The van der Waals surface area contributed by atoms with Crippen molar-refractivity contribution < 1.29 is 9.47 Å². The first-order chi connectivity index (χ1) is 17.6. The van der Waals surface area contributed by atoms with E-state index in [1.54, 1.807) is 18.9 Å². The Labute approximate surface area is 209 Å². The van der Waals surface area contributed by atoms with E-state index < -0.39 is 0 Å². The molecular weight excluding hydrogens is 458 g/mol. The van der Waals surface area contributed by atoms with Crippen molar-refractivity contribution in [2.75, 3.05) is 46.9 Å². The van der Waals surface area contributed by atoms with E-state index in [9.17, 15) is 4.79 Å². The average molecular weight is 490 g/mol. The zero-order valence-electron chi connectivity index (χ0n) is 20.8. The number of nitrogens with one attached hydrogen (secondary N) is 1. The quantitative estimate of drug-likeness (QED) is 0.402. The van der Waals surface area contributed by atoms with Crippen molar-refractivity contribution in [3.63, 3.8) is 0 Å². The Morgan fingerprint density at radius 3 is 2.39 bits per heavy atom.